The summed E-state index contributed by atoms with van der Waals surface area (Å²) in [5.74, 6) is 0. The molecule has 5 nitrogen and oxygen atoms in total. The number of rotatable bonds is 1. The van der Waals surface area contributed by atoms with Gasteiger partial charge in [-0.25, -0.2) is 0 Å². The van der Waals surface area contributed by atoms with Crippen molar-refractivity contribution in [2.75, 3.05) is 13.1 Å². The molecule has 0 saturated carbocycles. The van der Waals surface area contributed by atoms with Crippen LogP contribution in [0.3, 0.4) is 0 Å². The quantitative estimate of drug-likeness (QED) is 0.266. The van der Waals surface area contributed by atoms with Crippen molar-refractivity contribution >= 4 is 0 Å². The average Bonchev–Trinajstić information content (AvgIpc) is 1.57. The van der Waals surface area contributed by atoms with Gasteiger partial charge in [0.05, 0.1) is 0 Å². The molecule has 1 heterocycles. The maximum absolute atomic E-state index is 9.97. The number of nitrogens with one attached hydrogen (secondary N) is 1. The van der Waals surface area contributed by atoms with Gasteiger partial charge in [-0.2, -0.15) is 0 Å². The molecule has 0 spiro atoms. The van der Waals surface area contributed by atoms with Crippen molar-refractivity contribution in [3.8, 4) is 0 Å². The fourth-order valence-electron chi connectivity index (χ4n) is 0.581. The normalized spacial score (nSPS) is 20.4. The molecule has 1 rings (SSSR count). The van der Waals surface area contributed by atoms with Crippen LogP contribution in [0, 0.1) is 10.7 Å². The van der Waals surface area contributed by atoms with E-state index in [2.05, 4.69) is 0 Å². The summed E-state index contributed by atoms with van der Waals surface area (Å²) in [6.07, 6.45) is -0.406. The first kappa shape index (κ1) is 5.30. The molecule has 0 atom stereocenters. The van der Waals surface area contributed by atoms with Crippen molar-refractivity contribution in [1.82, 2.24) is 5.01 Å². The van der Waals surface area contributed by atoms with Crippen LogP contribution in [0.15, 0.2) is 0 Å². The van der Waals surface area contributed by atoms with E-state index < -0.39 is 6.10 Å². The standard InChI is InChI=1S/C3H7N3O2/c4-6(8)5-1-3(7)2-5/h3-4,7H,1-2H2. The van der Waals surface area contributed by atoms with Crippen LogP contribution in [0.5, 0.6) is 0 Å². The largest absolute Gasteiger partial charge is 0.572 e. The summed E-state index contributed by atoms with van der Waals surface area (Å²) < 4.78 is 0. The van der Waals surface area contributed by atoms with Gasteiger partial charge < -0.3 is 10.3 Å². The summed E-state index contributed by atoms with van der Waals surface area (Å²) in [4.78, 5) is -0.00722. The zero-order chi connectivity index (χ0) is 6.15. The van der Waals surface area contributed by atoms with Crippen LogP contribution in [-0.4, -0.2) is 34.3 Å². The van der Waals surface area contributed by atoms with E-state index >= 15 is 0 Å². The number of aliphatic hydroxyl groups is 1. The van der Waals surface area contributed by atoms with E-state index in [1.807, 2.05) is 0 Å². The second kappa shape index (κ2) is 1.59. The minimum absolute atomic E-state index is 0.00722. The van der Waals surface area contributed by atoms with Gasteiger partial charge >= 0.3 is 0 Å². The van der Waals surface area contributed by atoms with Crippen LogP contribution in [0.1, 0.15) is 0 Å². The third kappa shape index (κ3) is 0.717. The smallest absolute Gasteiger partial charge is 0.105 e. The fourth-order valence-corrected chi connectivity index (χ4v) is 0.581. The molecule has 0 aromatic heterocycles. The number of hydrogen-bond donors (Lipinski definition) is 2. The van der Waals surface area contributed by atoms with E-state index in [0.717, 1.165) is 0 Å². The van der Waals surface area contributed by atoms with Gasteiger partial charge in [0.2, 0.25) is 0 Å². The predicted molar refractivity (Wildman–Crippen MR) is 23.9 cm³/mol. The maximum Gasteiger partial charge on any atom is 0.105 e. The lowest BCUT2D eigenvalue weighted by molar-refractivity contribution is -0.727. The molecule has 0 aliphatic carbocycles. The molecule has 1 aliphatic heterocycles. The molecule has 0 unspecified atom stereocenters. The van der Waals surface area contributed by atoms with Crippen LogP contribution in [0.2, 0.25) is 0 Å². The molecule has 0 aromatic rings. The molecule has 5 heteroatoms. The Morgan fingerprint density at radius 2 is 2.25 bits per heavy atom. The summed E-state index contributed by atoms with van der Waals surface area (Å²) in [7, 11) is 0. The van der Waals surface area contributed by atoms with Crippen molar-refractivity contribution in [2.24, 2.45) is 0 Å². The minimum Gasteiger partial charge on any atom is -0.572 e. The Balaban J connectivity index is 2.25. The van der Waals surface area contributed by atoms with Gasteiger partial charge in [-0.1, -0.05) is 0 Å². The number of hydrazine groups is 1. The van der Waals surface area contributed by atoms with Crippen LogP contribution in [-0.2, 0) is 0 Å². The zero-order valence-electron chi connectivity index (χ0n) is 4.24. The summed E-state index contributed by atoms with van der Waals surface area (Å²) in [5.41, 5.74) is 6.42. The second-order valence-corrected chi connectivity index (χ2v) is 1.80. The molecule has 2 N–H and O–H groups in total. The number of nitrogens with zero attached hydrogens (tertiary/aromatic N) is 2. The van der Waals surface area contributed by atoms with Gasteiger partial charge in [-0.3, -0.25) is 0 Å². The Morgan fingerprint density at radius 3 is 2.38 bits per heavy atom. The highest BCUT2D eigenvalue weighted by Gasteiger charge is 2.29. The Morgan fingerprint density at radius 1 is 1.75 bits per heavy atom. The Bertz CT molecular complexity index is 109. The van der Waals surface area contributed by atoms with Crippen LogP contribution in [0.25, 0.3) is 0 Å². The Hall–Kier alpha value is -0.840. The fraction of sp³-hybridized carbons (Fsp3) is 1.00. The third-order valence-electron chi connectivity index (χ3n) is 1.10. The summed E-state index contributed by atoms with van der Waals surface area (Å²) in [5, 5.41) is 19.7. The molecule has 8 heavy (non-hydrogen) atoms. The number of aliphatic hydroxyl groups excluding tert-OH is 1. The van der Waals surface area contributed by atoms with E-state index in [9.17, 15) is 5.21 Å². The molecular weight excluding hydrogens is 110 g/mol. The van der Waals surface area contributed by atoms with Crippen molar-refractivity contribution in [3.63, 3.8) is 0 Å². The van der Waals surface area contributed by atoms with Crippen LogP contribution < -0.4 is 0 Å². The van der Waals surface area contributed by atoms with E-state index in [-0.39, 0.29) is 4.97 Å². The van der Waals surface area contributed by atoms with Crippen molar-refractivity contribution in [1.29, 1.82) is 5.53 Å². The average molecular weight is 117 g/mol. The molecule has 46 valence electrons. The molecule has 1 aliphatic rings. The van der Waals surface area contributed by atoms with Gasteiger partial charge in [0, 0.05) is 4.97 Å². The SMILES string of the molecule is N=[N+]([O-])N1CC(O)C1. The van der Waals surface area contributed by atoms with Gasteiger partial charge in [0.15, 0.2) is 0 Å². The molecular formula is C3H7N3O2. The van der Waals surface area contributed by atoms with E-state index in [1.54, 1.807) is 0 Å². The topological polar surface area (TPSA) is 73.4 Å². The van der Waals surface area contributed by atoms with Crippen LogP contribution in [0.4, 0.5) is 0 Å². The Kier molecular flexibility index (Phi) is 1.05. The molecule has 0 radical (unpaired) electrons. The van der Waals surface area contributed by atoms with E-state index in [0.29, 0.717) is 13.1 Å². The summed E-state index contributed by atoms with van der Waals surface area (Å²) in [6.45, 7) is 0.597. The number of hydrogen-bond acceptors (Lipinski definition) is 3. The first-order valence-electron chi connectivity index (χ1n) is 2.31. The van der Waals surface area contributed by atoms with E-state index in [1.165, 1.54) is 5.01 Å². The summed E-state index contributed by atoms with van der Waals surface area (Å²) >= 11 is 0. The molecule has 0 bridgehead atoms. The predicted octanol–water partition coefficient (Wildman–Crippen LogP) is -0.881. The number of β-amino-alcohol motifs (C(OH)–C–C–N with tert-alkyl or cyclic N) is 1. The highest BCUT2D eigenvalue weighted by molar-refractivity contribution is 4.70. The highest BCUT2D eigenvalue weighted by atomic mass is 16.5. The van der Waals surface area contributed by atoms with Crippen LogP contribution >= 0.6 is 0 Å². The minimum atomic E-state index is -0.406. The summed E-state index contributed by atoms with van der Waals surface area (Å²) in [6, 6.07) is 0. The maximum atomic E-state index is 9.97. The molecule has 0 amide bonds. The first-order chi connectivity index (χ1) is 3.70. The molecule has 1 saturated heterocycles. The molecule has 0 aromatic carbocycles. The van der Waals surface area contributed by atoms with Crippen molar-refractivity contribution < 1.29 is 10.1 Å². The van der Waals surface area contributed by atoms with Crippen molar-refractivity contribution in [2.45, 2.75) is 6.10 Å². The highest BCUT2D eigenvalue weighted by Crippen LogP contribution is 2.05. The lowest BCUT2D eigenvalue weighted by Crippen LogP contribution is -2.53. The van der Waals surface area contributed by atoms with Gasteiger partial charge in [0.1, 0.15) is 19.2 Å². The van der Waals surface area contributed by atoms with E-state index in [4.69, 9.17) is 10.6 Å². The van der Waals surface area contributed by atoms with Gasteiger partial charge in [0.25, 0.3) is 0 Å². The third-order valence-corrected chi connectivity index (χ3v) is 1.10. The molecule has 1 fully saturated rings. The zero-order valence-corrected chi connectivity index (χ0v) is 4.24. The lowest BCUT2D eigenvalue weighted by atomic mass is 10.2. The first-order valence-corrected chi connectivity index (χ1v) is 2.31. The monoisotopic (exact) mass is 117 g/mol. The lowest BCUT2D eigenvalue weighted by Gasteiger charge is -2.30. The Labute approximate surface area is 46.2 Å². The second-order valence-electron chi connectivity index (χ2n) is 1.80. The van der Waals surface area contributed by atoms with Gasteiger partial charge in [-0.05, 0) is 5.53 Å². The van der Waals surface area contributed by atoms with Crippen molar-refractivity contribution in [3.05, 3.63) is 5.21 Å². The van der Waals surface area contributed by atoms with Gasteiger partial charge in [-0.15, -0.1) is 5.01 Å².